The van der Waals surface area contributed by atoms with Gasteiger partial charge in [0.1, 0.15) is 5.82 Å². The molecular weight excluding hydrogens is 336 g/mol. The first kappa shape index (κ1) is 17.9. The monoisotopic (exact) mass is 360 g/mol. The fourth-order valence-corrected chi connectivity index (χ4v) is 3.38. The molecule has 134 valence electrons. The first-order chi connectivity index (χ1) is 12.2. The highest BCUT2D eigenvalue weighted by Crippen LogP contribution is 2.25. The summed E-state index contributed by atoms with van der Waals surface area (Å²) in [5.74, 6) is 0.957. The smallest absolute Gasteiger partial charge is 0.233 e. The topological polar surface area (TPSA) is 69.0 Å². The Balaban J connectivity index is 1.72. The minimum atomic E-state index is -0.198. The fourth-order valence-electron chi connectivity index (χ4n) is 2.48. The van der Waals surface area contributed by atoms with Crippen molar-refractivity contribution in [3.63, 3.8) is 0 Å². The maximum atomic E-state index is 12.2. The number of ether oxygens (including phenoxy) is 1. The second kappa shape index (κ2) is 8.49. The van der Waals surface area contributed by atoms with Gasteiger partial charge in [0.2, 0.25) is 5.91 Å². The summed E-state index contributed by atoms with van der Waals surface area (Å²) >= 11 is 1.45. The van der Waals surface area contributed by atoms with Crippen molar-refractivity contribution in [2.45, 2.75) is 49.2 Å². The van der Waals surface area contributed by atoms with E-state index in [1.165, 1.54) is 17.3 Å². The summed E-state index contributed by atoms with van der Waals surface area (Å²) in [6, 6.07) is 10.6. The number of nitrogens with one attached hydrogen (secondary N) is 1. The largest absolute Gasteiger partial charge is 0.383 e. The molecule has 1 N–H and O–H groups in total. The van der Waals surface area contributed by atoms with Crippen LogP contribution < -0.4 is 5.32 Å². The van der Waals surface area contributed by atoms with E-state index in [4.69, 9.17) is 4.74 Å². The van der Waals surface area contributed by atoms with E-state index in [-0.39, 0.29) is 11.2 Å². The molecule has 0 spiro atoms. The van der Waals surface area contributed by atoms with E-state index < -0.39 is 0 Å². The molecule has 1 heterocycles. The summed E-state index contributed by atoms with van der Waals surface area (Å²) in [6.45, 7) is 3.16. The Kier molecular flexibility index (Phi) is 6.09. The van der Waals surface area contributed by atoms with Gasteiger partial charge in [0, 0.05) is 26.1 Å². The van der Waals surface area contributed by atoms with Crippen molar-refractivity contribution in [1.29, 1.82) is 0 Å². The molecular formula is C18H24N4O2S. The molecule has 1 saturated carbocycles. The number of hydrogen-bond donors (Lipinski definition) is 1. The number of aromatic nitrogens is 3. The number of amides is 1. The van der Waals surface area contributed by atoms with Crippen molar-refractivity contribution in [2.75, 3.05) is 13.7 Å². The van der Waals surface area contributed by atoms with Gasteiger partial charge in [0.15, 0.2) is 5.16 Å². The third-order valence-corrected chi connectivity index (χ3v) is 5.17. The van der Waals surface area contributed by atoms with Crippen molar-refractivity contribution < 1.29 is 9.53 Å². The number of benzene rings is 1. The quantitative estimate of drug-likeness (QED) is 0.695. The van der Waals surface area contributed by atoms with E-state index >= 15 is 0 Å². The van der Waals surface area contributed by atoms with Crippen LogP contribution in [-0.4, -0.2) is 45.7 Å². The molecule has 1 aromatic carbocycles. The molecule has 0 saturated heterocycles. The third-order valence-electron chi connectivity index (χ3n) is 4.09. The number of methoxy groups -OCH3 is 1. The van der Waals surface area contributed by atoms with Gasteiger partial charge in [-0.05, 0) is 25.3 Å². The van der Waals surface area contributed by atoms with Crippen molar-refractivity contribution >= 4 is 17.7 Å². The van der Waals surface area contributed by atoms with Crippen LogP contribution in [0.4, 0.5) is 0 Å². The van der Waals surface area contributed by atoms with Gasteiger partial charge in [-0.1, -0.05) is 42.1 Å². The van der Waals surface area contributed by atoms with Gasteiger partial charge in [0.25, 0.3) is 0 Å². The lowest BCUT2D eigenvalue weighted by Gasteiger charge is -2.13. The molecule has 6 nitrogen and oxygen atoms in total. The van der Waals surface area contributed by atoms with E-state index in [1.54, 1.807) is 7.11 Å². The Morgan fingerprint density at radius 1 is 1.36 bits per heavy atom. The predicted molar refractivity (Wildman–Crippen MR) is 97.6 cm³/mol. The maximum Gasteiger partial charge on any atom is 0.233 e. The lowest BCUT2D eigenvalue weighted by atomic mass is 10.1. The van der Waals surface area contributed by atoms with E-state index in [0.717, 1.165) is 23.8 Å². The summed E-state index contributed by atoms with van der Waals surface area (Å²) in [4.78, 5) is 12.2. The first-order valence-corrected chi connectivity index (χ1v) is 9.47. The van der Waals surface area contributed by atoms with Crippen LogP contribution in [0.15, 0.2) is 35.5 Å². The molecule has 1 atom stereocenters. The molecule has 1 aromatic heterocycles. The average molecular weight is 360 g/mol. The van der Waals surface area contributed by atoms with Crippen LogP contribution in [0, 0.1) is 0 Å². The molecule has 0 radical (unpaired) electrons. The standard InChI is InChI=1S/C18H24N4O2S/c1-13(17(23)19-15-8-9-15)25-18-21-20-16(22(18)10-11-24-2)12-14-6-4-3-5-7-14/h3-7,13,15H,8-12H2,1-2H3,(H,19,23)/t13-/m1/s1. The van der Waals surface area contributed by atoms with Crippen molar-refractivity contribution in [2.24, 2.45) is 0 Å². The van der Waals surface area contributed by atoms with Crippen LogP contribution in [0.25, 0.3) is 0 Å². The van der Waals surface area contributed by atoms with E-state index in [0.29, 0.717) is 25.6 Å². The summed E-state index contributed by atoms with van der Waals surface area (Å²) in [6.07, 6.45) is 2.89. The highest BCUT2D eigenvalue weighted by molar-refractivity contribution is 8.00. The van der Waals surface area contributed by atoms with Gasteiger partial charge in [-0.3, -0.25) is 4.79 Å². The van der Waals surface area contributed by atoms with Crippen molar-refractivity contribution in [3.05, 3.63) is 41.7 Å². The van der Waals surface area contributed by atoms with Gasteiger partial charge in [-0.2, -0.15) is 0 Å². The Morgan fingerprint density at radius 2 is 2.12 bits per heavy atom. The van der Waals surface area contributed by atoms with Crippen LogP contribution in [-0.2, 0) is 22.5 Å². The fraction of sp³-hybridized carbons (Fsp3) is 0.500. The molecule has 1 aliphatic carbocycles. The zero-order valence-corrected chi connectivity index (χ0v) is 15.5. The number of hydrogen-bond acceptors (Lipinski definition) is 5. The van der Waals surface area contributed by atoms with Gasteiger partial charge >= 0.3 is 0 Å². The molecule has 1 aliphatic rings. The minimum absolute atomic E-state index is 0.0680. The van der Waals surface area contributed by atoms with Gasteiger partial charge in [-0.25, -0.2) is 0 Å². The summed E-state index contributed by atoms with van der Waals surface area (Å²) in [5.41, 5.74) is 1.18. The molecule has 0 aliphatic heterocycles. The molecule has 0 bridgehead atoms. The van der Waals surface area contributed by atoms with Gasteiger partial charge < -0.3 is 14.6 Å². The Hall–Kier alpha value is -1.86. The zero-order valence-electron chi connectivity index (χ0n) is 14.6. The molecule has 1 fully saturated rings. The van der Waals surface area contributed by atoms with Gasteiger partial charge in [-0.15, -0.1) is 10.2 Å². The summed E-state index contributed by atoms with van der Waals surface area (Å²) < 4.78 is 7.28. The molecule has 7 heteroatoms. The van der Waals surface area contributed by atoms with E-state index in [9.17, 15) is 4.79 Å². The SMILES string of the molecule is COCCn1c(Cc2ccccc2)nnc1S[C@H](C)C(=O)NC1CC1. The van der Waals surface area contributed by atoms with Crippen molar-refractivity contribution in [3.8, 4) is 0 Å². The second-order valence-electron chi connectivity index (χ2n) is 6.25. The number of nitrogens with zero attached hydrogens (tertiary/aromatic N) is 3. The molecule has 25 heavy (non-hydrogen) atoms. The maximum absolute atomic E-state index is 12.2. The Bertz CT molecular complexity index is 700. The van der Waals surface area contributed by atoms with Crippen LogP contribution in [0.5, 0.6) is 0 Å². The zero-order chi connectivity index (χ0) is 17.6. The summed E-state index contributed by atoms with van der Waals surface area (Å²) in [5, 5.41) is 12.3. The first-order valence-electron chi connectivity index (χ1n) is 8.59. The molecule has 2 aromatic rings. The van der Waals surface area contributed by atoms with Crippen LogP contribution in [0.2, 0.25) is 0 Å². The van der Waals surface area contributed by atoms with Gasteiger partial charge in [0.05, 0.1) is 11.9 Å². The molecule has 3 rings (SSSR count). The van der Waals surface area contributed by atoms with E-state index in [1.807, 2.05) is 25.1 Å². The highest BCUT2D eigenvalue weighted by atomic mass is 32.2. The second-order valence-corrected chi connectivity index (χ2v) is 7.56. The normalized spacial score (nSPS) is 15.1. The number of rotatable bonds is 9. The molecule has 1 amide bonds. The number of carbonyl (C=O) groups excluding carboxylic acids is 1. The average Bonchev–Trinajstić information content (AvgIpc) is 3.36. The van der Waals surface area contributed by atoms with Crippen LogP contribution in [0.3, 0.4) is 0 Å². The van der Waals surface area contributed by atoms with Crippen LogP contribution >= 0.6 is 11.8 Å². The predicted octanol–water partition coefficient (Wildman–Crippen LogP) is 2.27. The highest BCUT2D eigenvalue weighted by Gasteiger charge is 2.27. The van der Waals surface area contributed by atoms with Crippen LogP contribution in [0.1, 0.15) is 31.2 Å². The minimum Gasteiger partial charge on any atom is -0.383 e. The number of thioether (sulfide) groups is 1. The Morgan fingerprint density at radius 3 is 2.80 bits per heavy atom. The molecule has 0 unspecified atom stereocenters. The third kappa shape index (κ3) is 5.06. The lowest BCUT2D eigenvalue weighted by molar-refractivity contribution is -0.120. The van der Waals surface area contributed by atoms with Crippen molar-refractivity contribution in [1.82, 2.24) is 20.1 Å². The Labute approximate surface area is 152 Å². The summed E-state index contributed by atoms with van der Waals surface area (Å²) in [7, 11) is 1.68. The lowest BCUT2D eigenvalue weighted by Crippen LogP contribution is -2.32. The van der Waals surface area contributed by atoms with E-state index in [2.05, 4.69) is 32.2 Å². The number of carbonyl (C=O) groups is 1.